The van der Waals surface area contributed by atoms with Crippen LogP contribution in [0.15, 0.2) is 0 Å². The summed E-state index contributed by atoms with van der Waals surface area (Å²) in [6, 6.07) is 0. The van der Waals surface area contributed by atoms with E-state index in [1.54, 1.807) is 0 Å². The molecular weight excluding hydrogens is 182 g/mol. The molecule has 0 radical (unpaired) electrons. The predicted octanol–water partition coefficient (Wildman–Crippen LogP) is 2.22. The zero-order valence-electron chi connectivity index (χ0n) is 9.39. The zero-order valence-corrected chi connectivity index (χ0v) is 10.4. The van der Waals surface area contributed by atoms with Crippen LogP contribution in [0.25, 0.3) is 0 Å². The highest BCUT2D eigenvalue weighted by molar-refractivity contribution is 6.74. The lowest BCUT2D eigenvalue weighted by atomic mass is 10.2. The van der Waals surface area contributed by atoms with Crippen LogP contribution in [0.2, 0.25) is 18.1 Å². The first kappa shape index (κ1) is 12.6. The molecule has 0 amide bonds. The highest BCUT2D eigenvalue weighted by atomic mass is 28.4. The Labute approximate surface area is 82.1 Å². The molecule has 0 aliphatic heterocycles. The van der Waals surface area contributed by atoms with Crippen LogP contribution in [0.3, 0.4) is 0 Å². The Morgan fingerprint density at radius 3 is 2.15 bits per heavy atom. The number of nitrogens with zero attached hydrogens (tertiary/aromatic N) is 1. The molecule has 0 aromatic heterocycles. The summed E-state index contributed by atoms with van der Waals surface area (Å²) in [7, 11) is -1.67. The lowest BCUT2D eigenvalue weighted by Crippen LogP contribution is -2.41. The van der Waals surface area contributed by atoms with Crippen molar-refractivity contribution in [2.24, 2.45) is 0 Å². The lowest BCUT2D eigenvalue weighted by molar-refractivity contribution is -0.450. The van der Waals surface area contributed by atoms with Crippen LogP contribution in [0.5, 0.6) is 0 Å². The molecular formula is C9H21NO2Si. The van der Waals surface area contributed by atoms with Crippen LogP contribution in [0.4, 0.5) is 0 Å². The molecule has 0 fully saturated rings. The van der Waals surface area contributed by atoms with E-state index in [2.05, 4.69) is 40.6 Å². The fourth-order valence-electron chi connectivity index (χ4n) is 0.619. The quantitative estimate of drug-likeness (QED) is 0.231. The van der Waals surface area contributed by atoms with Crippen LogP contribution >= 0.6 is 0 Å². The predicted molar refractivity (Wildman–Crippen MR) is 58.8 cm³/mol. The average molecular weight is 203 g/mol. The van der Waals surface area contributed by atoms with E-state index < -0.39 is 8.32 Å². The van der Waals surface area contributed by atoms with E-state index in [-0.39, 0.29) is 5.04 Å². The van der Waals surface area contributed by atoms with Crippen molar-refractivity contribution in [2.45, 2.75) is 38.9 Å². The standard InChI is InChI=1S/C9H21NO2Si/c1-9(2,3)13(5,6)12-8-7-10(4)11/h4,7-8H2,1-3,5-6H3. The molecule has 3 nitrogen and oxygen atoms in total. The average Bonchev–Trinajstić information content (AvgIpc) is 1.82. The minimum atomic E-state index is -1.67. The van der Waals surface area contributed by atoms with Crippen molar-refractivity contribution in [3.8, 4) is 0 Å². The Morgan fingerprint density at radius 2 is 1.85 bits per heavy atom. The van der Waals surface area contributed by atoms with Crippen LogP contribution in [-0.4, -0.2) is 32.9 Å². The van der Waals surface area contributed by atoms with Gasteiger partial charge in [-0.2, -0.15) is 0 Å². The molecule has 0 unspecified atom stereocenters. The normalized spacial score (nSPS) is 13.0. The third-order valence-corrected chi connectivity index (χ3v) is 7.15. The van der Waals surface area contributed by atoms with E-state index in [1.165, 1.54) is 0 Å². The summed E-state index contributed by atoms with van der Waals surface area (Å²) in [5.41, 5.74) is 0. The second-order valence-corrected chi connectivity index (χ2v) is 9.62. The van der Waals surface area contributed by atoms with Crippen molar-refractivity contribution < 1.29 is 9.16 Å². The third kappa shape index (κ3) is 4.43. The summed E-state index contributed by atoms with van der Waals surface area (Å²) < 4.78 is 6.42. The first-order chi connectivity index (χ1) is 5.67. The van der Waals surface area contributed by atoms with Gasteiger partial charge in [0, 0.05) is 0 Å². The number of hydroxylamine groups is 1. The summed E-state index contributed by atoms with van der Waals surface area (Å²) in [5, 5.41) is 10.7. The van der Waals surface area contributed by atoms with Gasteiger partial charge >= 0.3 is 0 Å². The topological polar surface area (TPSA) is 35.3 Å². The molecule has 0 aliphatic rings. The zero-order chi connectivity index (χ0) is 10.7. The van der Waals surface area contributed by atoms with Gasteiger partial charge in [0.25, 0.3) is 0 Å². The Morgan fingerprint density at radius 1 is 1.38 bits per heavy atom. The van der Waals surface area contributed by atoms with E-state index >= 15 is 0 Å². The minimum Gasteiger partial charge on any atom is -0.624 e. The first-order valence-electron chi connectivity index (χ1n) is 4.56. The van der Waals surface area contributed by atoms with Gasteiger partial charge in [-0.15, -0.1) is 0 Å². The van der Waals surface area contributed by atoms with Gasteiger partial charge in [0.15, 0.2) is 14.9 Å². The number of rotatable bonds is 4. The molecule has 13 heavy (non-hydrogen) atoms. The molecule has 0 saturated heterocycles. The van der Waals surface area contributed by atoms with Gasteiger partial charge in [0.05, 0.1) is 6.61 Å². The SMILES string of the molecule is C=[N+]([O-])CCO[Si](C)(C)C(C)(C)C. The van der Waals surface area contributed by atoms with Crippen molar-refractivity contribution >= 4 is 15.0 Å². The van der Waals surface area contributed by atoms with E-state index in [0.717, 1.165) is 0 Å². The summed E-state index contributed by atoms with van der Waals surface area (Å²) in [6.07, 6.45) is 0. The monoisotopic (exact) mass is 203 g/mol. The molecule has 0 aromatic carbocycles. The second-order valence-electron chi connectivity index (χ2n) is 4.81. The van der Waals surface area contributed by atoms with Gasteiger partial charge in [0.2, 0.25) is 0 Å². The molecule has 0 N–H and O–H groups in total. The molecule has 0 saturated carbocycles. The van der Waals surface area contributed by atoms with Crippen LogP contribution in [0, 0.1) is 5.21 Å². The highest BCUT2D eigenvalue weighted by Gasteiger charge is 2.37. The van der Waals surface area contributed by atoms with Crippen molar-refractivity contribution in [1.29, 1.82) is 0 Å². The van der Waals surface area contributed by atoms with E-state index in [0.29, 0.717) is 17.9 Å². The fraction of sp³-hybridized carbons (Fsp3) is 0.889. The van der Waals surface area contributed by atoms with Gasteiger partial charge in [-0.3, -0.25) is 0 Å². The van der Waals surface area contributed by atoms with E-state index in [9.17, 15) is 5.21 Å². The largest absolute Gasteiger partial charge is 0.624 e. The van der Waals surface area contributed by atoms with Crippen LogP contribution in [0.1, 0.15) is 20.8 Å². The van der Waals surface area contributed by atoms with Gasteiger partial charge in [-0.25, -0.2) is 4.74 Å². The summed E-state index contributed by atoms with van der Waals surface area (Å²) in [4.78, 5) is 0. The van der Waals surface area contributed by atoms with Gasteiger partial charge in [0.1, 0.15) is 6.72 Å². The number of hydrogen-bond acceptors (Lipinski definition) is 2. The van der Waals surface area contributed by atoms with E-state index in [4.69, 9.17) is 4.43 Å². The second kappa shape index (κ2) is 4.24. The van der Waals surface area contributed by atoms with Crippen LogP contribution in [-0.2, 0) is 4.43 Å². The Hall–Kier alpha value is -0.353. The molecule has 0 heterocycles. The van der Waals surface area contributed by atoms with Gasteiger partial charge in [-0.1, -0.05) is 20.8 Å². The maximum Gasteiger partial charge on any atom is 0.192 e. The molecule has 0 bridgehead atoms. The molecule has 78 valence electrons. The Bertz CT molecular complexity index is 185. The smallest absolute Gasteiger partial charge is 0.192 e. The highest BCUT2D eigenvalue weighted by Crippen LogP contribution is 2.36. The molecule has 0 rings (SSSR count). The van der Waals surface area contributed by atoms with Crippen molar-refractivity contribution in [3.05, 3.63) is 5.21 Å². The van der Waals surface area contributed by atoms with Crippen LogP contribution < -0.4 is 0 Å². The van der Waals surface area contributed by atoms with Crippen molar-refractivity contribution in [3.63, 3.8) is 0 Å². The summed E-state index contributed by atoms with van der Waals surface area (Å²) in [6.45, 7) is 15.0. The van der Waals surface area contributed by atoms with Gasteiger partial charge in [-0.05, 0) is 18.1 Å². The Kier molecular flexibility index (Phi) is 4.12. The molecule has 4 heteroatoms. The minimum absolute atomic E-state index is 0.210. The summed E-state index contributed by atoms with van der Waals surface area (Å²) >= 11 is 0. The third-order valence-electron chi connectivity index (χ3n) is 2.61. The molecule has 0 atom stereocenters. The van der Waals surface area contributed by atoms with Crippen molar-refractivity contribution in [2.75, 3.05) is 13.2 Å². The fourth-order valence-corrected chi connectivity index (χ4v) is 1.65. The number of hydrogen-bond donors (Lipinski definition) is 0. The maximum atomic E-state index is 10.5. The van der Waals surface area contributed by atoms with E-state index in [1.807, 2.05) is 0 Å². The Balaban J connectivity index is 3.97. The molecule has 0 aromatic rings. The summed E-state index contributed by atoms with van der Waals surface area (Å²) in [5.74, 6) is 0. The molecule has 0 aliphatic carbocycles. The van der Waals surface area contributed by atoms with Gasteiger partial charge < -0.3 is 9.63 Å². The molecule has 0 spiro atoms. The van der Waals surface area contributed by atoms with Crippen molar-refractivity contribution in [1.82, 2.24) is 0 Å². The maximum absolute atomic E-state index is 10.5. The first-order valence-corrected chi connectivity index (χ1v) is 7.47. The lowest BCUT2D eigenvalue weighted by Gasteiger charge is -2.35.